The molecule has 1 rings (SSSR count). The molecule has 0 aromatic carbocycles. The molecule has 3 heteroatoms. The fraction of sp³-hybridized carbons (Fsp3) is 0.909. The molecule has 82 valence electrons. The smallest absolute Gasteiger partial charge is 0.227 e. The average molecular weight is 198 g/mol. The van der Waals surface area contributed by atoms with E-state index >= 15 is 0 Å². The van der Waals surface area contributed by atoms with Crippen molar-refractivity contribution in [3.63, 3.8) is 0 Å². The molecule has 3 nitrogen and oxygen atoms in total. The summed E-state index contributed by atoms with van der Waals surface area (Å²) >= 11 is 0. The van der Waals surface area contributed by atoms with Gasteiger partial charge in [-0.2, -0.15) is 0 Å². The van der Waals surface area contributed by atoms with Gasteiger partial charge in [0.15, 0.2) is 0 Å². The zero-order valence-electron chi connectivity index (χ0n) is 9.52. The van der Waals surface area contributed by atoms with Crippen LogP contribution >= 0.6 is 0 Å². The van der Waals surface area contributed by atoms with E-state index in [4.69, 9.17) is 0 Å². The third-order valence-electron chi connectivity index (χ3n) is 3.30. The number of carbonyl (C=O) groups excluding carboxylic acids is 1. The first-order valence-corrected chi connectivity index (χ1v) is 5.60. The number of hydrogen-bond acceptors (Lipinski definition) is 2. The van der Waals surface area contributed by atoms with Crippen molar-refractivity contribution >= 4 is 5.91 Å². The molecular weight excluding hydrogens is 176 g/mol. The van der Waals surface area contributed by atoms with Gasteiger partial charge in [-0.15, -0.1) is 0 Å². The monoisotopic (exact) mass is 198 g/mol. The number of nitrogens with one attached hydrogen (secondary N) is 2. The molecule has 0 radical (unpaired) electrons. The highest BCUT2D eigenvalue weighted by molar-refractivity contribution is 5.84. The Morgan fingerprint density at radius 3 is 2.50 bits per heavy atom. The van der Waals surface area contributed by atoms with Crippen LogP contribution in [0.1, 0.15) is 39.5 Å². The summed E-state index contributed by atoms with van der Waals surface area (Å²) in [4.78, 5) is 12.0. The minimum atomic E-state index is -0.0990. The summed E-state index contributed by atoms with van der Waals surface area (Å²) in [7, 11) is 1.91. The molecular formula is C11H22N2O. The zero-order valence-corrected chi connectivity index (χ0v) is 9.52. The quantitative estimate of drug-likeness (QED) is 0.699. The highest BCUT2D eigenvalue weighted by atomic mass is 16.2. The number of carbonyl (C=O) groups is 1. The Hall–Kier alpha value is -0.570. The molecule has 14 heavy (non-hydrogen) atoms. The van der Waals surface area contributed by atoms with Gasteiger partial charge in [0.2, 0.25) is 5.91 Å². The Labute approximate surface area is 86.6 Å². The lowest BCUT2D eigenvalue weighted by molar-refractivity contribution is -0.136. The Morgan fingerprint density at radius 2 is 2.14 bits per heavy atom. The molecule has 1 unspecified atom stereocenters. The average Bonchev–Trinajstić information content (AvgIpc) is 2.10. The van der Waals surface area contributed by atoms with Crippen molar-refractivity contribution in [1.82, 2.24) is 10.6 Å². The summed E-state index contributed by atoms with van der Waals surface area (Å²) in [5.74, 6) is 0.243. The molecule has 1 amide bonds. The van der Waals surface area contributed by atoms with Crippen LogP contribution in [0.5, 0.6) is 0 Å². The van der Waals surface area contributed by atoms with Crippen LogP contribution in [0.2, 0.25) is 0 Å². The minimum Gasteiger partial charge on any atom is -0.353 e. The maximum Gasteiger partial charge on any atom is 0.227 e. The molecule has 1 atom stereocenters. The first kappa shape index (κ1) is 11.5. The van der Waals surface area contributed by atoms with Gasteiger partial charge in [-0.1, -0.05) is 13.3 Å². The molecule has 0 aliphatic heterocycles. The van der Waals surface area contributed by atoms with Crippen molar-refractivity contribution in [3.8, 4) is 0 Å². The molecule has 1 aliphatic carbocycles. The summed E-state index contributed by atoms with van der Waals surface area (Å²) in [6.45, 7) is 4.97. The highest BCUT2D eigenvalue weighted by Crippen LogP contribution is 2.40. The summed E-state index contributed by atoms with van der Waals surface area (Å²) < 4.78 is 0. The SMILES string of the molecule is CCC(C)NC(=O)C1(CNC)CCC1. The summed E-state index contributed by atoms with van der Waals surface area (Å²) in [5.41, 5.74) is -0.0990. The van der Waals surface area contributed by atoms with E-state index in [2.05, 4.69) is 24.5 Å². The van der Waals surface area contributed by atoms with Gasteiger partial charge in [0.1, 0.15) is 0 Å². The first-order chi connectivity index (χ1) is 6.64. The lowest BCUT2D eigenvalue weighted by Crippen LogP contribution is -2.52. The second-order valence-electron chi connectivity index (χ2n) is 4.45. The molecule has 0 spiro atoms. The molecule has 2 N–H and O–H groups in total. The van der Waals surface area contributed by atoms with Crippen LogP contribution in [0.15, 0.2) is 0 Å². The molecule has 1 fully saturated rings. The van der Waals surface area contributed by atoms with Gasteiger partial charge in [-0.25, -0.2) is 0 Å². The van der Waals surface area contributed by atoms with E-state index in [0.717, 1.165) is 25.8 Å². The number of rotatable bonds is 5. The van der Waals surface area contributed by atoms with Gasteiger partial charge < -0.3 is 10.6 Å². The van der Waals surface area contributed by atoms with Crippen molar-refractivity contribution in [1.29, 1.82) is 0 Å². The zero-order chi connectivity index (χ0) is 10.6. The van der Waals surface area contributed by atoms with Crippen LogP contribution in [0.25, 0.3) is 0 Å². The van der Waals surface area contributed by atoms with Crippen molar-refractivity contribution in [2.45, 2.75) is 45.6 Å². The first-order valence-electron chi connectivity index (χ1n) is 5.60. The maximum absolute atomic E-state index is 12.0. The molecule has 1 saturated carbocycles. The van der Waals surface area contributed by atoms with Gasteiger partial charge in [-0.3, -0.25) is 4.79 Å². The third-order valence-corrected chi connectivity index (χ3v) is 3.30. The maximum atomic E-state index is 12.0. The van der Waals surface area contributed by atoms with Crippen LogP contribution in [-0.4, -0.2) is 25.5 Å². The van der Waals surface area contributed by atoms with Gasteiger partial charge in [0.05, 0.1) is 5.41 Å². The minimum absolute atomic E-state index is 0.0990. The second-order valence-corrected chi connectivity index (χ2v) is 4.45. The standard InChI is InChI=1S/C11H22N2O/c1-4-9(2)13-10(14)11(8-12-3)6-5-7-11/h9,12H,4-8H2,1-3H3,(H,13,14). The lowest BCUT2D eigenvalue weighted by atomic mass is 9.68. The van der Waals surface area contributed by atoms with E-state index in [1.807, 2.05) is 7.05 Å². The largest absolute Gasteiger partial charge is 0.353 e. The van der Waals surface area contributed by atoms with Crippen LogP contribution in [0.4, 0.5) is 0 Å². The Morgan fingerprint density at radius 1 is 1.50 bits per heavy atom. The summed E-state index contributed by atoms with van der Waals surface area (Å²) in [5, 5.41) is 6.20. The van der Waals surface area contributed by atoms with E-state index < -0.39 is 0 Å². The predicted molar refractivity (Wildman–Crippen MR) is 58.1 cm³/mol. The van der Waals surface area contributed by atoms with Crippen molar-refractivity contribution < 1.29 is 4.79 Å². The number of hydrogen-bond donors (Lipinski definition) is 2. The van der Waals surface area contributed by atoms with Crippen LogP contribution in [0.3, 0.4) is 0 Å². The third kappa shape index (κ3) is 2.27. The Balaban J connectivity index is 2.48. The van der Waals surface area contributed by atoms with E-state index in [-0.39, 0.29) is 11.3 Å². The second kappa shape index (κ2) is 4.78. The van der Waals surface area contributed by atoms with E-state index in [9.17, 15) is 4.79 Å². The van der Waals surface area contributed by atoms with Crippen LogP contribution in [-0.2, 0) is 4.79 Å². The van der Waals surface area contributed by atoms with Crippen LogP contribution < -0.4 is 10.6 Å². The van der Waals surface area contributed by atoms with Gasteiger partial charge >= 0.3 is 0 Å². The lowest BCUT2D eigenvalue weighted by Gasteiger charge is -2.40. The predicted octanol–water partition coefficient (Wildman–Crippen LogP) is 1.29. The van der Waals surface area contributed by atoms with Crippen molar-refractivity contribution in [2.75, 3.05) is 13.6 Å². The highest BCUT2D eigenvalue weighted by Gasteiger charge is 2.43. The molecule has 0 heterocycles. The molecule has 0 bridgehead atoms. The van der Waals surface area contributed by atoms with Gasteiger partial charge in [0.25, 0.3) is 0 Å². The Bertz CT molecular complexity index is 199. The van der Waals surface area contributed by atoms with Crippen molar-refractivity contribution in [3.05, 3.63) is 0 Å². The van der Waals surface area contributed by atoms with E-state index in [1.165, 1.54) is 6.42 Å². The molecule has 1 aliphatic rings. The van der Waals surface area contributed by atoms with E-state index in [1.54, 1.807) is 0 Å². The van der Waals surface area contributed by atoms with E-state index in [0.29, 0.717) is 6.04 Å². The summed E-state index contributed by atoms with van der Waals surface area (Å²) in [6, 6.07) is 0.303. The number of amides is 1. The fourth-order valence-electron chi connectivity index (χ4n) is 1.91. The van der Waals surface area contributed by atoms with Gasteiger partial charge in [0, 0.05) is 12.6 Å². The van der Waals surface area contributed by atoms with Crippen LogP contribution in [0, 0.1) is 5.41 Å². The topological polar surface area (TPSA) is 41.1 Å². The molecule has 0 aromatic rings. The Kier molecular flexibility index (Phi) is 3.93. The fourth-order valence-corrected chi connectivity index (χ4v) is 1.91. The van der Waals surface area contributed by atoms with Gasteiger partial charge in [-0.05, 0) is 33.2 Å². The molecule has 0 saturated heterocycles. The molecule has 0 aromatic heterocycles. The summed E-state index contributed by atoms with van der Waals surface area (Å²) in [6.07, 6.45) is 4.27. The normalized spacial score (nSPS) is 21.1. The van der Waals surface area contributed by atoms with Crippen molar-refractivity contribution in [2.24, 2.45) is 5.41 Å².